The number of hydrogen-bond donors (Lipinski definition) is 1. The molecule has 0 aliphatic carbocycles. The minimum atomic E-state index is 0.514. The summed E-state index contributed by atoms with van der Waals surface area (Å²) in [5.74, 6) is 1.62. The van der Waals surface area contributed by atoms with E-state index in [1.54, 1.807) is 7.11 Å². The number of pyridine rings is 1. The Bertz CT molecular complexity index is 456. The SMILES string of the molecule is CCNC(=NCc1ccc(OCCOC)nc1)N1CCCC1. The van der Waals surface area contributed by atoms with E-state index in [4.69, 9.17) is 14.5 Å². The number of hydrogen-bond acceptors (Lipinski definition) is 4. The molecular formula is C16H26N4O2. The summed E-state index contributed by atoms with van der Waals surface area (Å²) in [6.45, 7) is 6.88. The van der Waals surface area contributed by atoms with Crippen molar-refractivity contribution < 1.29 is 9.47 Å². The van der Waals surface area contributed by atoms with Gasteiger partial charge in [-0.25, -0.2) is 9.98 Å². The number of ether oxygens (including phenoxy) is 2. The molecule has 2 rings (SSSR count). The third-order valence-electron chi connectivity index (χ3n) is 3.49. The highest BCUT2D eigenvalue weighted by molar-refractivity contribution is 5.80. The van der Waals surface area contributed by atoms with Crippen LogP contribution in [0.5, 0.6) is 5.88 Å². The van der Waals surface area contributed by atoms with E-state index in [-0.39, 0.29) is 0 Å². The predicted octanol–water partition coefficient (Wildman–Crippen LogP) is 1.67. The highest BCUT2D eigenvalue weighted by atomic mass is 16.5. The van der Waals surface area contributed by atoms with Crippen molar-refractivity contribution in [3.05, 3.63) is 23.9 Å². The quantitative estimate of drug-likeness (QED) is 0.472. The number of likely N-dealkylation sites (tertiary alicyclic amines) is 1. The van der Waals surface area contributed by atoms with E-state index < -0.39 is 0 Å². The lowest BCUT2D eigenvalue weighted by Crippen LogP contribution is -2.39. The first-order chi connectivity index (χ1) is 10.8. The second kappa shape index (κ2) is 9.25. The Morgan fingerprint density at radius 1 is 1.32 bits per heavy atom. The summed E-state index contributed by atoms with van der Waals surface area (Å²) < 4.78 is 10.4. The van der Waals surface area contributed by atoms with E-state index in [1.165, 1.54) is 12.8 Å². The molecule has 1 N–H and O–H groups in total. The molecule has 0 saturated carbocycles. The van der Waals surface area contributed by atoms with Crippen molar-refractivity contribution in [3.63, 3.8) is 0 Å². The molecule has 2 heterocycles. The summed E-state index contributed by atoms with van der Waals surface area (Å²) in [6.07, 6.45) is 4.32. The zero-order valence-electron chi connectivity index (χ0n) is 13.5. The molecule has 122 valence electrons. The fraction of sp³-hybridized carbons (Fsp3) is 0.625. The number of aromatic nitrogens is 1. The van der Waals surface area contributed by atoms with Gasteiger partial charge in [-0.1, -0.05) is 6.07 Å². The number of guanidine groups is 1. The van der Waals surface area contributed by atoms with E-state index in [2.05, 4.69) is 22.1 Å². The number of nitrogens with zero attached hydrogens (tertiary/aromatic N) is 3. The Hall–Kier alpha value is -1.82. The fourth-order valence-electron chi connectivity index (χ4n) is 2.34. The van der Waals surface area contributed by atoms with E-state index in [1.807, 2.05) is 18.3 Å². The minimum absolute atomic E-state index is 0.514. The molecule has 0 radical (unpaired) electrons. The van der Waals surface area contributed by atoms with Gasteiger partial charge in [0.1, 0.15) is 6.61 Å². The van der Waals surface area contributed by atoms with Gasteiger partial charge >= 0.3 is 0 Å². The molecule has 0 bridgehead atoms. The van der Waals surface area contributed by atoms with Crippen LogP contribution < -0.4 is 10.1 Å². The van der Waals surface area contributed by atoms with Crippen molar-refractivity contribution in [1.29, 1.82) is 0 Å². The fourth-order valence-corrected chi connectivity index (χ4v) is 2.34. The monoisotopic (exact) mass is 306 g/mol. The molecule has 0 atom stereocenters. The van der Waals surface area contributed by atoms with Crippen molar-refractivity contribution >= 4 is 5.96 Å². The van der Waals surface area contributed by atoms with Gasteiger partial charge in [-0.2, -0.15) is 0 Å². The van der Waals surface area contributed by atoms with Crippen molar-refractivity contribution in [2.75, 3.05) is 40.0 Å². The van der Waals surface area contributed by atoms with E-state index in [0.717, 1.165) is 31.2 Å². The summed E-state index contributed by atoms with van der Waals surface area (Å²) >= 11 is 0. The first-order valence-electron chi connectivity index (χ1n) is 7.93. The molecule has 0 spiro atoms. The van der Waals surface area contributed by atoms with Gasteiger partial charge in [0.15, 0.2) is 5.96 Å². The molecule has 6 heteroatoms. The molecule has 1 aliphatic heterocycles. The number of rotatable bonds is 7. The summed E-state index contributed by atoms with van der Waals surface area (Å²) in [5, 5.41) is 3.36. The van der Waals surface area contributed by atoms with Crippen LogP contribution in [0.4, 0.5) is 0 Å². The van der Waals surface area contributed by atoms with Gasteiger partial charge in [0.2, 0.25) is 5.88 Å². The van der Waals surface area contributed by atoms with Crippen LogP contribution in [0, 0.1) is 0 Å². The van der Waals surface area contributed by atoms with Crippen LogP contribution in [0.3, 0.4) is 0 Å². The van der Waals surface area contributed by atoms with Crippen molar-refractivity contribution in [1.82, 2.24) is 15.2 Å². The lowest BCUT2D eigenvalue weighted by molar-refractivity contribution is 0.143. The molecule has 0 amide bonds. The van der Waals surface area contributed by atoms with Crippen LogP contribution in [0.2, 0.25) is 0 Å². The van der Waals surface area contributed by atoms with Crippen LogP contribution in [-0.4, -0.2) is 55.8 Å². The highest BCUT2D eigenvalue weighted by Crippen LogP contribution is 2.10. The molecule has 1 aromatic rings. The van der Waals surface area contributed by atoms with E-state index in [9.17, 15) is 0 Å². The second-order valence-electron chi connectivity index (χ2n) is 5.21. The maximum atomic E-state index is 5.45. The average Bonchev–Trinajstić information content (AvgIpc) is 3.07. The smallest absolute Gasteiger partial charge is 0.213 e. The van der Waals surface area contributed by atoms with Gasteiger partial charge in [-0.15, -0.1) is 0 Å². The van der Waals surface area contributed by atoms with Crippen LogP contribution in [-0.2, 0) is 11.3 Å². The average molecular weight is 306 g/mol. The normalized spacial score (nSPS) is 15.2. The molecule has 1 aromatic heterocycles. The second-order valence-corrected chi connectivity index (χ2v) is 5.21. The predicted molar refractivity (Wildman–Crippen MR) is 87.2 cm³/mol. The molecule has 0 unspecified atom stereocenters. The van der Waals surface area contributed by atoms with Gasteiger partial charge in [-0.3, -0.25) is 0 Å². The van der Waals surface area contributed by atoms with Gasteiger partial charge in [0.25, 0.3) is 0 Å². The largest absolute Gasteiger partial charge is 0.475 e. The topological polar surface area (TPSA) is 59.0 Å². The number of aliphatic imine (C=N–C) groups is 1. The third kappa shape index (κ3) is 5.18. The van der Waals surface area contributed by atoms with Gasteiger partial charge in [-0.05, 0) is 25.3 Å². The van der Waals surface area contributed by atoms with Crippen LogP contribution in [0.15, 0.2) is 23.3 Å². The summed E-state index contributed by atoms with van der Waals surface area (Å²) in [7, 11) is 1.65. The zero-order chi connectivity index (χ0) is 15.6. The minimum Gasteiger partial charge on any atom is -0.475 e. The number of nitrogens with one attached hydrogen (secondary N) is 1. The van der Waals surface area contributed by atoms with Crippen molar-refractivity contribution in [3.8, 4) is 5.88 Å². The molecule has 1 fully saturated rings. The maximum Gasteiger partial charge on any atom is 0.213 e. The molecule has 1 saturated heterocycles. The van der Waals surface area contributed by atoms with E-state index in [0.29, 0.717) is 25.6 Å². The first kappa shape index (κ1) is 16.5. The summed E-state index contributed by atoms with van der Waals surface area (Å²) in [6, 6.07) is 3.88. The van der Waals surface area contributed by atoms with Gasteiger partial charge < -0.3 is 19.7 Å². The lowest BCUT2D eigenvalue weighted by Gasteiger charge is -2.20. The number of methoxy groups -OCH3 is 1. The first-order valence-corrected chi connectivity index (χ1v) is 7.93. The Kier molecular flexibility index (Phi) is 6.96. The Morgan fingerprint density at radius 3 is 2.77 bits per heavy atom. The molecule has 1 aliphatic rings. The molecular weight excluding hydrogens is 280 g/mol. The maximum absolute atomic E-state index is 5.45. The molecule has 6 nitrogen and oxygen atoms in total. The Morgan fingerprint density at radius 2 is 2.14 bits per heavy atom. The molecule has 0 aromatic carbocycles. The van der Waals surface area contributed by atoms with Crippen LogP contribution in [0.1, 0.15) is 25.3 Å². The standard InChI is InChI=1S/C16H26N4O2/c1-3-17-16(20-8-4-5-9-20)19-13-14-6-7-15(18-12-14)22-11-10-21-2/h6-7,12H,3-5,8-11,13H2,1-2H3,(H,17,19). The van der Waals surface area contributed by atoms with Crippen LogP contribution in [0.25, 0.3) is 0 Å². The Balaban J connectivity index is 1.89. The Labute approximate surface area is 132 Å². The van der Waals surface area contributed by atoms with Crippen LogP contribution >= 0.6 is 0 Å². The highest BCUT2D eigenvalue weighted by Gasteiger charge is 2.15. The zero-order valence-corrected chi connectivity index (χ0v) is 13.5. The summed E-state index contributed by atoms with van der Waals surface area (Å²) in [5.41, 5.74) is 1.08. The molecule has 22 heavy (non-hydrogen) atoms. The van der Waals surface area contributed by atoms with Crippen molar-refractivity contribution in [2.45, 2.75) is 26.3 Å². The third-order valence-corrected chi connectivity index (χ3v) is 3.49. The van der Waals surface area contributed by atoms with Crippen molar-refractivity contribution in [2.24, 2.45) is 4.99 Å². The van der Waals surface area contributed by atoms with Gasteiger partial charge in [0.05, 0.1) is 13.2 Å². The lowest BCUT2D eigenvalue weighted by atomic mass is 10.3. The van der Waals surface area contributed by atoms with E-state index >= 15 is 0 Å². The summed E-state index contributed by atoms with van der Waals surface area (Å²) in [4.78, 5) is 11.3. The van der Waals surface area contributed by atoms with Gasteiger partial charge in [0, 0.05) is 39.0 Å².